The van der Waals surface area contributed by atoms with E-state index < -0.39 is 21.3 Å². The first kappa shape index (κ1) is 21.3. The van der Waals surface area contributed by atoms with E-state index in [-0.39, 0.29) is 6.09 Å². The van der Waals surface area contributed by atoms with Crippen LogP contribution in [-0.4, -0.2) is 62.9 Å². The number of hydrogen-bond acceptors (Lipinski definition) is 5. The molecule has 0 saturated carbocycles. The summed E-state index contributed by atoms with van der Waals surface area (Å²) in [5, 5.41) is 0. The molecule has 1 aromatic heterocycles. The third kappa shape index (κ3) is 6.30. The highest BCUT2D eigenvalue weighted by atomic mass is 32.2. The van der Waals surface area contributed by atoms with Gasteiger partial charge in [-0.05, 0) is 53.7 Å². The van der Waals surface area contributed by atoms with Gasteiger partial charge in [0, 0.05) is 44.2 Å². The molecule has 0 aliphatic carbocycles. The van der Waals surface area contributed by atoms with Gasteiger partial charge in [-0.25, -0.2) is 14.0 Å². The number of nitrogens with zero attached hydrogens (tertiary/aromatic N) is 4. The zero-order valence-corrected chi connectivity index (χ0v) is 17.9. The maximum Gasteiger partial charge on any atom is 0.410 e. The Morgan fingerprint density at radius 2 is 1.81 bits per heavy atom. The molecule has 8 heteroatoms. The normalized spacial score (nSPS) is 17.3. The van der Waals surface area contributed by atoms with Crippen LogP contribution in [0.5, 0.6) is 0 Å². The summed E-state index contributed by atoms with van der Waals surface area (Å²) >= 11 is 0. The SMILES string of the molecule is CC(C)(C)OC(=O)N1CCN(c2ncccc2C=NS(=O)C(C)(C)C)CC1. The van der Waals surface area contributed by atoms with E-state index in [1.54, 1.807) is 17.3 Å². The van der Waals surface area contributed by atoms with Gasteiger partial charge in [0.15, 0.2) is 0 Å². The molecular weight excluding hydrogens is 364 g/mol. The number of pyridine rings is 1. The lowest BCUT2D eigenvalue weighted by atomic mass is 10.2. The van der Waals surface area contributed by atoms with Crippen LogP contribution >= 0.6 is 0 Å². The summed E-state index contributed by atoms with van der Waals surface area (Å²) in [4.78, 5) is 20.5. The lowest BCUT2D eigenvalue weighted by Crippen LogP contribution is -2.50. The molecule has 2 heterocycles. The van der Waals surface area contributed by atoms with Gasteiger partial charge in [0.25, 0.3) is 0 Å². The van der Waals surface area contributed by atoms with E-state index in [1.807, 2.05) is 53.7 Å². The minimum Gasteiger partial charge on any atom is -0.444 e. The van der Waals surface area contributed by atoms with Crippen LogP contribution in [0, 0.1) is 0 Å². The van der Waals surface area contributed by atoms with Crippen molar-refractivity contribution in [3.63, 3.8) is 0 Å². The molecule has 1 aliphatic rings. The van der Waals surface area contributed by atoms with Crippen molar-refractivity contribution in [3.05, 3.63) is 23.9 Å². The molecule has 27 heavy (non-hydrogen) atoms. The summed E-state index contributed by atoms with van der Waals surface area (Å²) in [6, 6.07) is 3.74. The minimum atomic E-state index is -1.32. The van der Waals surface area contributed by atoms with Gasteiger partial charge in [0.2, 0.25) is 0 Å². The van der Waals surface area contributed by atoms with E-state index in [0.29, 0.717) is 26.2 Å². The highest BCUT2D eigenvalue weighted by molar-refractivity contribution is 7.85. The zero-order chi connectivity index (χ0) is 20.2. The van der Waals surface area contributed by atoms with Gasteiger partial charge in [0.1, 0.15) is 22.4 Å². The first-order valence-electron chi connectivity index (χ1n) is 9.11. The molecule has 2 rings (SSSR count). The molecule has 1 unspecified atom stereocenters. The summed E-state index contributed by atoms with van der Waals surface area (Å²) in [5.74, 6) is 0.788. The molecule has 1 fully saturated rings. The maximum absolute atomic E-state index is 12.2. The Kier molecular flexibility index (Phi) is 6.62. The highest BCUT2D eigenvalue weighted by Gasteiger charge is 2.27. The molecule has 1 amide bonds. The van der Waals surface area contributed by atoms with Crippen molar-refractivity contribution in [2.24, 2.45) is 4.40 Å². The Labute approximate surface area is 164 Å². The molecule has 0 aromatic carbocycles. The van der Waals surface area contributed by atoms with Crippen LogP contribution < -0.4 is 4.90 Å². The number of aromatic nitrogens is 1. The van der Waals surface area contributed by atoms with Crippen molar-refractivity contribution in [1.29, 1.82) is 0 Å². The van der Waals surface area contributed by atoms with E-state index in [1.165, 1.54) is 0 Å². The van der Waals surface area contributed by atoms with Crippen molar-refractivity contribution >= 4 is 29.1 Å². The molecule has 1 atom stereocenters. The minimum absolute atomic E-state index is 0.287. The summed E-state index contributed by atoms with van der Waals surface area (Å²) in [7, 11) is -1.32. The molecule has 7 nitrogen and oxygen atoms in total. The second kappa shape index (κ2) is 8.37. The largest absolute Gasteiger partial charge is 0.444 e. The molecule has 0 bridgehead atoms. The van der Waals surface area contributed by atoms with Gasteiger partial charge in [-0.3, -0.25) is 0 Å². The predicted molar refractivity (Wildman–Crippen MR) is 110 cm³/mol. The van der Waals surface area contributed by atoms with E-state index in [4.69, 9.17) is 4.74 Å². The van der Waals surface area contributed by atoms with E-state index in [2.05, 4.69) is 14.3 Å². The Balaban J connectivity index is 2.06. The Bertz CT molecular complexity index is 714. The second-order valence-electron chi connectivity index (χ2n) is 8.47. The van der Waals surface area contributed by atoms with Crippen LogP contribution in [0.25, 0.3) is 0 Å². The molecule has 0 spiro atoms. The Hall–Kier alpha value is -1.96. The van der Waals surface area contributed by atoms with Crippen LogP contribution in [0.15, 0.2) is 22.7 Å². The van der Waals surface area contributed by atoms with Crippen LogP contribution in [0.2, 0.25) is 0 Å². The van der Waals surface area contributed by atoms with Gasteiger partial charge in [0.05, 0.1) is 4.75 Å². The summed E-state index contributed by atoms with van der Waals surface area (Å²) in [6.07, 6.45) is 3.07. The standard InChI is InChI=1S/C19H30N4O3S/c1-18(2,3)26-17(24)23-12-10-22(11-13-23)16-15(8-7-9-20-16)14-21-27(25)19(4,5)6/h7-9,14H,10-13H2,1-6H3. The predicted octanol–water partition coefficient (Wildman–Crippen LogP) is 3.02. The van der Waals surface area contributed by atoms with Crippen molar-refractivity contribution in [1.82, 2.24) is 9.88 Å². The number of hydrogen-bond donors (Lipinski definition) is 0. The number of rotatable bonds is 3. The van der Waals surface area contributed by atoms with Gasteiger partial charge in [-0.2, -0.15) is 4.40 Å². The van der Waals surface area contributed by atoms with Crippen LogP contribution in [0.4, 0.5) is 10.6 Å². The van der Waals surface area contributed by atoms with E-state index in [0.717, 1.165) is 11.4 Å². The molecule has 150 valence electrons. The number of carbonyl (C=O) groups is 1. The third-order valence-electron chi connectivity index (χ3n) is 3.86. The van der Waals surface area contributed by atoms with Crippen molar-refractivity contribution < 1.29 is 13.7 Å². The van der Waals surface area contributed by atoms with E-state index in [9.17, 15) is 9.00 Å². The third-order valence-corrected chi connectivity index (χ3v) is 5.20. The fraction of sp³-hybridized carbons (Fsp3) is 0.632. The van der Waals surface area contributed by atoms with Crippen molar-refractivity contribution in [3.8, 4) is 0 Å². The number of carbonyl (C=O) groups excluding carboxylic acids is 1. The first-order valence-corrected chi connectivity index (χ1v) is 10.2. The molecule has 0 radical (unpaired) electrons. The highest BCUT2D eigenvalue weighted by Crippen LogP contribution is 2.20. The molecule has 0 N–H and O–H groups in total. The number of piperazine rings is 1. The van der Waals surface area contributed by atoms with Crippen molar-refractivity contribution in [2.75, 3.05) is 31.1 Å². The molecule has 1 aromatic rings. The lowest BCUT2D eigenvalue weighted by molar-refractivity contribution is 0.0240. The average molecular weight is 395 g/mol. The van der Waals surface area contributed by atoms with E-state index >= 15 is 0 Å². The fourth-order valence-electron chi connectivity index (χ4n) is 2.46. The molecule has 1 aliphatic heterocycles. The zero-order valence-electron chi connectivity index (χ0n) is 17.1. The van der Waals surface area contributed by atoms with Crippen LogP contribution in [-0.2, 0) is 15.7 Å². The maximum atomic E-state index is 12.2. The van der Waals surface area contributed by atoms with Gasteiger partial charge >= 0.3 is 6.09 Å². The summed E-state index contributed by atoms with van der Waals surface area (Å²) in [5.41, 5.74) is 0.322. The Morgan fingerprint density at radius 1 is 1.19 bits per heavy atom. The average Bonchev–Trinajstić information content (AvgIpc) is 2.57. The summed E-state index contributed by atoms with van der Waals surface area (Å²) < 4.78 is 21.4. The van der Waals surface area contributed by atoms with Gasteiger partial charge in [-0.1, -0.05) is 0 Å². The molecular formula is C19H30N4O3S. The van der Waals surface area contributed by atoms with Gasteiger partial charge < -0.3 is 14.5 Å². The Morgan fingerprint density at radius 3 is 2.37 bits per heavy atom. The van der Waals surface area contributed by atoms with Gasteiger partial charge in [-0.15, -0.1) is 0 Å². The summed E-state index contributed by atoms with van der Waals surface area (Å²) in [6.45, 7) is 13.7. The molecule has 1 saturated heterocycles. The smallest absolute Gasteiger partial charge is 0.410 e. The monoisotopic (exact) mass is 394 g/mol. The lowest BCUT2D eigenvalue weighted by Gasteiger charge is -2.36. The number of amides is 1. The number of anilines is 1. The van der Waals surface area contributed by atoms with Crippen LogP contribution in [0.3, 0.4) is 0 Å². The second-order valence-corrected chi connectivity index (χ2v) is 10.4. The number of ether oxygens (including phenoxy) is 1. The quantitative estimate of drug-likeness (QED) is 0.737. The topological polar surface area (TPSA) is 75.1 Å². The van der Waals surface area contributed by atoms with Crippen LogP contribution in [0.1, 0.15) is 47.1 Å². The first-order chi connectivity index (χ1) is 12.5. The fourth-order valence-corrected chi connectivity index (χ4v) is 2.99. The van der Waals surface area contributed by atoms with Crippen molar-refractivity contribution in [2.45, 2.75) is 51.9 Å².